The summed E-state index contributed by atoms with van der Waals surface area (Å²) in [5.41, 5.74) is 4.66. The maximum Gasteiger partial charge on any atom is 0.300 e. The van der Waals surface area contributed by atoms with Crippen LogP contribution in [0.4, 0.5) is 5.69 Å². The molecule has 0 aromatic heterocycles. The number of ketones is 1. The quantitative estimate of drug-likeness (QED) is 0.234. The number of ether oxygens (including phenoxy) is 1. The Kier molecular flexibility index (Phi) is 6.36. The van der Waals surface area contributed by atoms with Crippen molar-refractivity contribution < 1.29 is 19.4 Å². The second-order valence-electron chi connectivity index (χ2n) is 10.7. The van der Waals surface area contributed by atoms with E-state index in [0.717, 1.165) is 40.8 Å². The molecule has 0 radical (unpaired) electrons. The molecule has 6 heteroatoms. The summed E-state index contributed by atoms with van der Waals surface area (Å²) in [6.07, 6.45) is 1.71. The van der Waals surface area contributed by atoms with Crippen LogP contribution in [0.2, 0.25) is 5.02 Å². The number of hydrogen-bond acceptors (Lipinski definition) is 4. The molecule has 1 N–H and O–H groups in total. The van der Waals surface area contributed by atoms with Crippen molar-refractivity contribution in [3.8, 4) is 5.75 Å². The highest BCUT2D eigenvalue weighted by Gasteiger charge is 2.47. The predicted octanol–water partition coefficient (Wildman–Crippen LogP) is 6.90. The second-order valence-corrected chi connectivity index (χ2v) is 11.2. The Morgan fingerprint density at radius 1 is 1.03 bits per heavy atom. The number of benzene rings is 3. The molecular weight excluding hydrogens is 486 g/mol. The van der Waals surface area contributed by atoms with Gasteiger partial charge in [0.25, 0.3) is 11.7 Å². The number of aliphatic hydroxyl groups excluding tert-OH is 1. The molecule has 0 aliphatic carbocycles. The number of aliphatic hydroxyl groups is 1. The monoisotopic (exact) mass is 515 g/mol. The highest BCUT2D eigenvalue weighted by Crippen LogP contribution is 2.44. The minimum atomic E-state index is -0.807. The van der Waals surface area contributed by atoms with Crippen molar-refractivity contribution >= 4 is 34.7 Å². The second kappa shape index (κ2) is 9.38. The molecule has 5 rings (SSSR count). The molecule has 2 heterocycles. The van der Waals surface area contributed by atoms with Crippen LogP contribution < -0.4 is 9.64 Å². The number of fused-ring (bicyclic) bond motifs is 1. The summed E-state index contributed by atoms with van der Waals surface area (Å²) in [6.45, 7) is 8.91. The molecule has 1 atom stereocenters. The van der Waals surface area contributed by atoms with Gasteiger partial charge in [0, 0.05) is 16.3 Å². The molecule has 0 spiro atoms. The molecule has 0 bridgehead atoms. The third-order valence-corrected chi connectivity index (χ3v) is 7.38. The maximum atomic E-state index is 13.5. The Morgan fingerprint density at radius 3 is 2.46 bits per heavy atom. The lowest BCUT2D eigenvalue weighted by Crippen LogP contribution is -2.30. The Hall–Kier alpha value is -3.57. The zero-order chi connectivity index (χ0) is 26.5. The minimum absolute atomic E-state index is 0.0598. The van der Waals surface area contributed by atoms with Crippen LogP contribution in [-0.4, -0.2) is 23.4 Å². The number of amides is 1. The first-order chi connectivity index (χ1) is 17.6. The summed E-state index contributed by atoms with van der Waals surface area (Å²) in [5, 5.41) is 12.0. The first-order valence-electron chi connectivity index (χ1n) is 12.5. The van der Waals surface area contributed by atoms with Crippen LogP contribution in [0, 0.1) is 6.92 Å². The van der Waals surface area contributed by atoms with Crippen LogP contribution in [0.25, 0.3) is 5.76 Å². The lowest BCUT2D eigenvalue weighted by molar-refractivity contribution is -0.132. The van der Waals surface area contributed by atoms with Crippen molar-refractivity contribution in [3.63, 3.8) is 0 Å². The van der Waals surface area contributed by atoms with Crippen LogP contribution in [0.5, 0.6) is 5.75 Å². The minimum Gasteiger partial charge on any atom is -0.507 e. The number of Topliss-reactive ketones (excluding diaryl/α,β-unsaturated/α-hetero) is 1. The SMILES string of the molecule is Cc1ccc(Cl)cc1N1C(=O)C(=O)/C(=C(\O)c2ccc3c(c2)CCCO3)C1c1ccc(C(C)(C)C)cc1. The van der Waals surface area contributed by atoms with Gasteiger partial charge in [-0.2, -0.15) is 0 Å². The molecule has 1 amide bonds. The molecular formula is C31H30ClNO4. The first kappa shape index (κ1) is 25.1. The van der Waals surface area contributed by atoms with E-state index >= 15 is 0 Å². The van der Waals surface area contributed by atoms with Gasteiger partial charge in [0.05, 0.1) is 18.2 Å². The Labute approximate surface area is 222 Å². The third-order valence-electron chi connectivity index (χ3n) is 7.15. The molecule has 3 aromatic carbocycles. The smallest absolute Gasteiger partial charge is 0.300 e. The van der Waals surface area contributed by atoms with E-state index in [1.807, 2.05) is 49.4 Å². The number of carbonyl (C=O) groups is 2. The molecule has 190 valence electrons. The average Bonchev–Trinajstić information content (AvgIpc) is 3.14. The normalized spacial score (nSPS) is 19.1. The summed E-state index contributed by atoms with van der Waals surface area (Å²) < 4.78 is 5.71. The van der Waals surface area contributed by atoms with Gasteiger partial charge in [-0.1, -0.05) is 62.7 Å². The maximum absolute atomic E-state index is 13.5. The standard InChI is InChI=1S/C31H30ClNO4/c1-18-7-13-23(32)17-24(18)33-27(19-8-11-22(12-9-19)31(2,3)4)26(29(35)30(33)36)28(34)21-10-14-25-20(16-21)6-5-15-37-25/h7-14,16-17,27,34H,5-6,15H2,1-4H3/b28-26-. The van der Waals surface area contributed by atoms with E-state index in [1.54, 1.807) is 18.2 Å². The molecule has 1 fully saturated rings. The molecule has 0 saturated carbocycles. The van der Waals surface area contributed by atoms with Gasteiger partial charge < -0.3 is 9.84 Å². The van der Waals surface area contributed by atoms with E-state index in [2.05, 4.69) is 20.8 Å². The van der Waals surface area contributed by atoms with Gasteiger partial charge in [-0.3, -0.25) is 14.5 Å². The van der Waals surface area contributed by atoms with E-state index in [9.17, 15) is 14.7 Å². The van der Waals surface area contributed by atoms with E-state index < -0.39 is 17.7 Å². The van der Waals surface area contributed by atoms with Crippen molar-refractivity contribution in [2.45, 2.75) is 52.0 Å². The number of carbonyl (C=O) groups excluding carboxylic acids is 2. The fraction of sp³-hybridized carbons (Fsp3) is 0.290. The van der Waals surface area contributed by atoms with Gasteiger partial charge in [0.15, 0.2) is 0 Å². The summed E-state index contributed by atoms with van der Waals surface area (Å²) in [6, 6.07) is 17.7. The van der Waals surface area contributed by atoms with Crippen molar-refractivity contribution in [2.24, 2.45) is 0 Å². The van der Waals surface area contributed by atoms with Crippen LogP contribution >= 0.6 is 11.6 Å². The van der Waals surface area contributed by atoms with E-state index in [1.165, 1.54) is 4.90 Å². The van der Waals surface area contributed by atoms with Crippen molar-refractivity contribution in [1.82, 2.24) is 0 Å². The Morgan fingerprint density at radius 2 is 1.76 bits per heavy atom. The highest BCUT2D eigenvalue weighted by atomic mass is 35.5. The largest absolute Gasteiger partial charge is 0.507 e. The topological polar surface area (TPSA) is 66.8 Å². The van der Waals surface area contributed by atoms with Crippen molar-refractivity contribution in [2.75, 3.05) is 11.5 Å². The highest BCUT2D eigenvalue weighted by molar-refractivity contribution is 6.52. The molecule has 3 aromatic rings. The molecule has 2 aliphatic heterocycles. The number of rotatable bonds is 3. The van der Waals surface area contributed by atoms with Gasteiger partial charge in [0.1, 0.15) is 11.5 Å². The summed E-state index contributed by atoms with van der Waals surface area (Å²) >= 11 is 6.31. The Balaban J connectivity index is 1.71. The molecule has 2 aliphatic rings. The van der Waals surface area contributed by atoms with Crippen LogP contribution in [0.1, 0.15) is 61.1 Å². The molecule has 1 saturated heterocycles. The van der Waals surface area contributed by atoms with Gasteiger partial charge >= 0.3 is 0 Å². The summed E-state index contributed by atoms with van der Waals surface area (Å²) in [5.74, 6) is -0.834. The number of aryl methyl sites for hydroxylation is 2. The zero-order valence-corrected chi connectivity index (χ0v) is 22.2. The fourth-order valence-electron chi connectivity index (χ4n) is 5.07. The number of nitrogens with zero attached hydrogens (tertiary/aromatic N) is 1. The number of hydrogen-bond donors (Lipinski definition) is 1. The number of halogens is 1. The molecule has 37 heavy (non-hydrogen) atoms. The number of anilines is 1. The van der Waals surface area contributed by atoms with Gasteiger partial charge in [-0.25, -0.2) is 0 Å². The fourth-order valence-corrected chi connectivity index (χ4v) is 5.23. The molecule has 1 unspecified atom stereocenters. The van der Waals surface area contributed by atoms with Gasteiger partial charge in [-0.05, 0) is 77.8 Å². The van der Waals surface area contributed by atoms with E-state index in [0.29, 0.717) is 22.9 Å². The van der Waals surface area contributed by atoms with Crippen LogP contribution in [-0.2, 0) is 21.4 Å². The lowest BCUT2D eigenvalue weighted by atomic mass is 9.85. The van der Waals surface area contributed by atoms with Crippen LogP contribution in [0.15, 0.2) is 66.2 Å². The predicted molar refractivity (Wildman–Crippen MR) is 146 cm³/mol. The van der Waals surface area contributed by atoms with E-state index in [4.69, 9.17) is 16.3 Å². The first-order valence-corrected chi connectivity index (χ1v) is 12.9. The molecule has 5 nitrogen and oxygen atoms in total. The van der Waals surface area contributed by atoms with E-state index in [-0.39, 0.29) is 16.7 Å². The van der Waals surface area contributed by atoms with Gasteiger partial charge in [-0.15, -0.1) is 0 Å². The lowest BCUT2D eigenvalue weighted by Gasteiger charge is -2.28. The average molecular weight is 516 g/mol. The van der Waals surface area contributed by atoms with Crippen molar-refractivity contribution in [3.05, 3.63) is 99.1 Å². The van der Waals surface area contributed by atoms with Crippen molar-refractivity contribution in [1.29, 1.82) is 0 Å². The third kappa shape index (κ3) is 4.53. The zero-order valence-electron chi connectivity index (χ0n) is 21.5. The van der Waals surface area contributed by atoms with Crippen LogP contribution in [0.3, 0.4) is 0 Å². The summed E-state index contributed by atoms with van der Waals surface area (Å²) in [7, 11) is 0. The van der Waals surface area contributed by atoms with Gasteiger partial charge in [0.2, 0.25) is 0 Å². The summed E-state index contributed by atoms with van der Waals surface area (Å²) in [4.78, 5) is 28.5. The Bertz CT molecular complexity index is 1430.